The summed E-state index contributed by atoms with van der Waals surface area (Å²) >= 11 is 0. The first-order valence-electron chi connectivity index (χ1n) is 36.5. The molecule has 640 valence electrons. The number of hydrogen-bond acceptors (Lipinski definition) is 22. The Morgan fingerprint density at radius 2 is 1.07 bits per heavy atom. The van der Waals surface area contributed by atoms with Gasteiger partial charge in [0.25, 0.3) is 0 Å². The Bertz CT molecular complexity index is 3400. The van der Waals surface area contributed by atoms with Crippen molar-refractivity contribution < 1.29 is 69.8 Å². The van der Waals surface area contributed by atoms with Gasteiger partial charge in [0.1, 0.15) is 25.9 Å². The summed E-state index contributed by atoms with van der Waals surface area (Å²) in [6, 6.07) is 8.48. The van der Waals surface area contributed by atoms with Crippen LogP contribution in [0.15, 0.2) is 217 Å². The first kappa shape index (κ1) is 112. The van der Waals surface area contributed by atoms with E-state index < -0.39 is 27.7 Å². The summed E-state index contributed by atoms with van der Waals surface area (Å²) in [6.07, 6.45) is 24.8. The number of aromatic nitrogens is 3. The molecular weight excluding hydrogens is 1490 g/mol. The van der Waals surface area contributed by atoms with Crippen LogP contribution in [0, 0.1) is 5.92 Å². The van der Waals surface area contributed by atoms with Crippen molar-refractivity contribution in [3.8, 4) is 0 Å². The van der Waals surface area contributed by atoms with Crippen LogP contribution < -0.4 is 43.2 Å². The van der Waals surface area contributed by atoms with Crippen molar-refractivity contribution in [3.05, 3.63) is 234 Å². The van der Waals surface area contributed by atoms with Gasteiger partial charge in [-0.25, -0.2) is 28.1 Å². The molecule has 114 heavy (non-hydrogen) atoms. The van der Waals surface area contributed by atoms with Crippen molar-refractivity contribution in [2.45, 2.75) is 116 Å². The van der Waals surface area contributed by atoms with Gasteiger partial charge >= 0.3 is 27.7 Å². The first-order chi connectivity index (χ1) is 53.8. The number of likely N-dealkylation sites (N-methyl/N-ethyl adjacent to an activating group) is 1. The number of anilines is 2. The van der Waals surface area contributed by atoms with Crippen molar-refractivity contribution in [1.82, 2.24) is 54.2 Å². The van der Waals surface area contributed by atoms with Crippen molar-refractivity contribution in [3.63, 3.8) is 0 Å². The Hall–Kier alpha value is -10.8. The lowest BCUT2D eigenvalue weighted by molar-refractivity contribution is -0.127. The number of ether oxygens (including phenoxy) is 6. The van der Waals surface area contributed by atoms with Crippen LogP contribution in [0.1, 0.15) is 66.7 Å². The fraction of sp³-hybridized carbons (Fsp3) is 0.476. The van der Waals surface area contributed by atoms with Crippen molar-refractivity contribution in [2.24, 2.45) is 5.92 Å². The lowest BCUT2D eigenvalue weighted by Crippen LogP contribution is -2.54. The van der Waals surface area contributed by atoms with E-state index in [1.807, 2.05) is 111 Å². The molecule has 0 aliphatic carbocycles. The molecule has 3 fully saturated rings. The van der Waals surface area contributed by atoms with Gasteiger partial charge in [-0.2, -0.15) is 0 Å². The van der Waals surface area contributed by atoms with Gasteiger partial charge in [-0.15, -0.1) is 38.9 Å². The van der Waals surface area contributed by atoms with Gasteiger partial charge in [0, 0.05) is 69.3 Å². The Kier molecular flexibility index (Phi) is 68.8. The molecule has 4 heterocycles. The quantitative estimate of drug-likeness (QED) is 0.0224. The first-order valence-corrected chi connectivity index (χ1v) is 37.5. The highest BCUT2D eigenvalue weighted by Crippen LogP contribution is 2.19. The number of likely N-dealkylation sites (tertiary alicyclic amines) is 3. The summed E-state index contributed by atoms with van der Waals surface area (Å²) in [5.74, 6) is -0.249. The Balaban J connectivity index is -0.000000391. The predicted molar refractivity (Wildman–Crippen MR) is 457 cm³/mol. The van der Waals surface area contributed by atoms with Crippen LogP contribution in [0.25, 0.3) is 0 Å². The second-order valence-electron chi connectivity index (χ2n) is 26.0. The fourth-order valence-corrected chi connectivity index (χ4v) is 8.94. The Morgan fingerprint density at radius 1 is 0.588 bits per heavy atom. The molecule has 4 N–H and O–H groups in total. The zero-order valence-electron chi connectivity index (χ0n) is 69.8. The minimum Gasteiger partial charge on any atom is -0.499 e. The molecular formula is C82H133N13O18S. The van der Waals surface area contributed by atoms with Crippen LogP contribution in [0.3, 0.4) is 0 Å². The van der Waals surface area contributed by atoms with Crippen LogP contribution in [0.2, 0.25) is 0 Å². The number of nitrogens with zero attached hydrogens (tertiary/aromatic N) is 9. The van der Waals surface area contributed by atoms with Gasteiger partial charge < -0.3 is 79.1 Å². The van der Waals surface area contributed by atoms with Crippen LogP contribution in [0.4, 0.5) is 11.4 Å². The third-order valence-electron chi connectivity index (χ3n) is 14.8. The normalized spacial score (nSPS) is 14.0. The van der Waals surface area contributed by atoms with E-state index >= 15 is 0 Å². The van der Waals surface area contributed by atoms with E-state index in [9.17, 15) is 43.2 Å². The monoisotopic (exact) mass is 1620 g/mol. The molecule has 6 amide bonds. The average Bonchev–Trinajstić information content (AvgIpc) is 0.832. The Morgan fingerprint density at radius 3 is 1.42 bits per heavy atom. The number of rotatable bonds is 37. The highest BCUT2D eigenvalue weighted by Gasteiger charge is 2.28. The van der Waals surface area contributed by atoms with Crippen LogP contribution in [-0.4, -0.2) is 251 Å². The molecule has 4 unspecified atom stereocenters. The molecule has 4 atom stereocenters. The minimum absolute atomic E-state index is 0.0259. The number of piperidine rings is 1. The fourth-order valence-electron chi connectivity index (χ4n) is 8.94. The molecule has 31 nitrogen and oxygen atoms in total. The number of benzene rings is 1. The van der Waals surface area contributed by atoms with E-state index in [4.69, 9.17) is 41.0 Å². The topological polar surface area (TPSA) is 343 Å². The Labute approximate surface area is 679 Å². The predicted octanol–water partition coefficient (Wildman–Crippen LogP) is 7.24. The average molecular weight is 1620 g/mol. The maximum atomic E-state index is 11.9. The third-order valence-corrected chi connectivity index (χ3v) is 14.8. The van der Waals surface area contributed by atoms with Gasteiger partial charge in [-0.3, -0.25) is 28.8 Å². The summed E-state index contributed by atoms with van der Waals surface area (Å²) in [5, 5.41) is 11.0. The summed E-state index contributed by atoms with van der Waals surface area (Å²) in [5.41, 5.74) is -0.256. The van der Waals surface area contributed by atoms with Crippen LogP contribution >= 0.6 is 0 Å². The standard InChI is InChI=1S/C12H15N3O3.C11H14N2O.C10H18O3.2C9H16N2O.C8H16N2O.C8H11NO.C8H14O3.C7H13NO.O3S/c1-4-7-13-10(16)14(8-5-2)12(18)15(9-6-3)11(13)17;1-4-11(14)12-9-5-7-10(8-6-9)13(2)3;1-5-11-7-9(3)13-8-10(4)12-6-2;1-4-9(12)11-6-5-8(7-11)10(2)3;1-3-9(12)10-8-4-6-11(2)7-5-8;1-4-8(11)9-6-5-7-10(2)3;1-3-7-5-6-9(4-2)8(7)10;1-3-9-5-7-11-8-6-10-4-2;1-5-6(9)8-7(2,3)4;1-4(2)3/h4-6H,1-3,7-9H2;4-8H,1H2,2-3H3,(H,12,14);5-6,9-10H,1-2,7-8H2,3-4H3;4,8H,1,5-7H2,2-3H3;3,8H,1,4-7H2,2H3,(H,10,12);4H,1,5-7H2,2-3H3,(H,9,11);3-4,7H,1-2,5-6H2;3-4H,1-2,5-8H2;5H,1H2,2-4H3,(H,8,9);. The van der Waals surface area contributed by atoms with E-state index in [2.05, 4.69) is 135 Å². The zero-order valence-corrected chi connectivity index (χ0v) is 70.6. The van der Waals surface area contributed by atoms with Crippen LogP contribution in [-0.2, 0) is 87.4 Å². The van der Waals surface area contributed by atoms with Gasteiger partial charge in [-0.1, -0.05) is 90.1 Å². The number of hydrogen-bond donors (Lipinski definition) is 4. The lowest BCUT2D eigenvalue weighted by Gasteiger charge is -2.29. The minimum atomic E-state index is -3.11. The van der Waals surface area contributed by atoms with Crippen molar-refractivity contribution in [2.75, 3.05) is 145 Å². The molecule has 3 aliphatic heterocycles. The summed E-state index contributed by atoms with van der Waals surface area (Å²) < 4.78 is 58.4. The van der Waals surface area contributed by atoms with Gasteiger partial charge in [-0.05, 0) is 182 Å². The third kappa shape index (κ3) is 60.0. The smallest absolute Gasteiger partial charge is 0.425 e. The summed E-state index contributed by atoms with van der Waals surface area (Å²) in [6.45, 7) is 67.6. The van der Waals surface area contributed by atoms with E-state index in [1.165, 1.54) is 73.7 Å². The second-order valence-corrected chi connectivity index (χ2v) is 26.4. The number of carbonyl (C=O) groups excluding carboxylic acids is 6. The molecule has 1 aromatic carbocycles. The van der Waals surface area contributed by atoms with Crippen molar-refractivity contribution in [1.29, 1.82) is 0 Å². The molecule has 0 spiro atoms. The van der Waals surface area contributed by atoms with Crippen LogP contribution in [0.5, 0.6) is 0 Å². The molecule has 3 aliphatic rings. The number of carbonyl (C=O) groups is 6. The lowest BCUT2D eigenvalue weighted by atomic mass is 10.1. The maximum Gasteiger partial charge on any atom is 0.425 e. The van der Waals surface area contributed by atoms with Crippen molar-refractivity contribution >= 4 is 57.4 Å². The van der Waals surface area contributed by atoms with Gasteiger partial charge in [0.2, 0.25) is 35.4 Å². The van der Waals surface area contributed by atoms with E-state index in [-0.39, 0.29) is 78.7 Å². The zero-order chi connectivity index (χ0) is 88.2. The molecule has 1 aromatic heterocycles. The van der Waals surface area contributed by atoms with E-state index in [0.717, 1.165) is 103 Å². The molecule has 2 aromatic rings. The molecule has 32 heteroatoms. The van der Waals surface area contributed by atoms with Gasteiger partial charge in [0.15, 0.2) is 0 Å². The largest absolute Gasteiger partial charge is 0.499 e. The highest BCUT2D eigenvalue weighted by atomic mass is 32.2. The van der Waals surface area contributed by atoms with Gasteiger partial charge in [0.05, 0.1) is 76.5 Å². The highest BCUT2D eigenvalue weighted by molar-refractivity contribution is 7.59. The number of allylic oxidation sites excluding steroid dienone is 3. The number of amides is 6. The second kappa shape index (κ2) is 70.1. The summed E-state index contributed by atoms with van der Waals surface area (Å²) in [4.78, 5) is 113. The molecule has 0 saturated carbocycles. The number of nitrogens with one attached hydrogen (secondary N) is 4. The summed E-state index contributed by atoms with van der Waals surface area (Å²) in [7, 11) is 11.0. The molecule has 5 rings (SSSR count). The SMILES string of the molecule is C=CC(=O)N1CCC(N(C)C)C1.C=CC(=O)NC(C)(C)C.C=CC(=O)NC1CCN(C)CC1.C=CC(=O)NCCCN(C)C.C=CC(=O)Nc1ccc(N(C)C)cc1.C=CC1CCN(C=C)C1=O.C=CCn1c(=O)n(CC=C)c(=O)n(CC=C)c1=O.C=COCC(C)OCC(C)OC=C.C=COCCOCCOC=C.O=S(=O)=O. The maximum absolute atomic E-state index is 11.9. The van der Waals surface area contributed by atoms with E-state index in [1.54, 1.807) is 17.2 Å². The molecule has 0 bridgehead atoms. The molecule has 3 saturated heterocycles. The van der Waals surface area contributed by atoms with E-state index in [0.29, 0.717) is 51.7 Å². The molecule has 0 radical (unpaired) electrons.